The van der Waals surface area contributed by atoms with Crippen molar-refractivity contribution in [1.82, 2.24) is 0 Å². The number of halogens is 2. The minimum atomic E-state index is 0.0214. The molecule has 4 heteroatoms. The molecular formula is C12H11ClINS. The Morgan fingerprint density at radius 3 is 2.81 bits per heavy atom. The highest BCUT2D eigenvalue weighted by molar-refractivity contribution is 14.1. The second kappa shape index (κ2) is 5.49. The zero-order valence-corrected chi connectivity index (χ0v) is 12.2. The molecule has 0 saturated heterocycles. The average Bonchev–Trinajstić information content (AvgIpc) is 2.74. The maximum atomic E-state index is 6.15. The lowest BCUT2D eigenvalue weighted by molar-refractivity contribution is 0.730. The predicted molar refractivity (Wildman–Crippen MR) is 79.1 cm³/mol. The number of hydrogen-bond donors (Lipinski definition) is 1. The average molecular weight is 364 g/mol. The molecule has 0 aliphatic carbocycles. The summed E-state index contributed by atoms with van der Waals surface area (Å²) in [4.78, 5) is 1.31. The number of rotatable bonds is 3. The second-order valence-corrected chi connectivity index (χ2v) is 6.17. The number of thiophene rings is 1. The number of hydrogen-bond acceptors (Lipinski definition) is 2. The minimum Gasteiger partial charge on any atom is -0.324 e. The van der Waals surface area contributed by atoms with E-state index in [0.29, 0.717) is 0 Å². The van der Waals surface area contributed by atoms with E-state index in [2.05, 4.69) is 34.0 Å². The first-order chi connectivity index (χ1) is 7.66. The Morgan fingerprint density at radius 1 is 1.38 bits per heavy atom. The van der Waals surface area contributed by atoms with Crippen molar-refractivity contribution in [2.24, 2.45) is 5.73 Å². The SMILES string of the molecule is NC(Cc1cccs1)c1ccc(I)c(Cl)c1. The van der Waals surface area contributed by atoms with Gasteiger partial charge in [0.2, 0.25) is 0 Å². The van der Waals surface area contributed by atoms with E-state index >= 15 is 0 Å². The molecule has 0 saturated carbocycles. The Kier molecular flexibility index (Phi) is 4.24. The van der Waals surface area contributed by atoms with E-state index in [-0.39, 0.29) is 6.04 Å². The fourth-order valence-corrected chi connectivity index (χ4v) is 2.80. The van der Waals surface area contributed by atoms with Gasteiger partial charge in [0.15, 0.2) is 0 Å². The molecule has 0 aliphatic rings. The van der Waals surface area contributed by atoms with Crippen LogP contribution in [-0.4, -0.2) is 0 Å². The van der Waals surface area contributed by atoms with Crippen LogP contribution in [-0.2, 0) is 6.42 Å². The summed E-state index contributed by atoms with van der Waals surface area (Å²) in [7, 11) is 0. The molecule has 0 radical (unpaired) electrons. The van der Waals surface area contributed by atoms with Gasteiger partial charge in [-0.25, -0.2) is 0 Å². The maximum absolute atomic E-state index is 6.15. The fourth-order valence-electron chi connectivity index (χ4n) is 1.51. The Bertz CT molecular complexity index is 470. The normalized spacial score (nSPS) is 12.7. The van der Waals surface area contributed by atoms with E-state index in [9.17, 15) is 0 Å². The molecule has 2 rings (SSSR count). The molecule has 0 spiro atoms. The lowest BCUT2D eigenvalue weighted by Gasteiger charge is -2.11. The highest BCUT2D eigenvalue weighted by atomic mass is 127. The Balaban J connectivity index is 2.14. The summed E-state index contributed by atoms with van der Waals surface area (Å²) in [6.45, 7) is 0. The van der Waals surface area contributed by atoms with Gasteiger partial charge in [-0.2, -0.15) is 0 Å². The van der Waals surface area contributed by atoms with Crippen LogP contribution >= 0.6 is 45.5 Å². The molecule has 1 nitrogen and oxygen atoms in total. The molecule has 2 aromatic rings. The van der Waals surface area contributed by atoms with E-state index in [4.69, 9.17) is 17.3 Å². The first-order valence-corrected chi connectivity index (χ1v) is 7.23. The van der Waals surface area contributed by atoms with Gasteiger partial charge >= 0.3 is 0 Å². The van der Waals surface area contributed by atoms with Crippen LogP contribution in [0.3, 0.4) is 0 Å². The number of benzene rings is 1. The Labute approximate surface area is 118 Å². The summed E-state index contributed by atoms with van der Waals surface area (Å²) in [6, 6.07) is 10.2. The fraction of sp³-hybridized carbons (Fsp3) is 0.167. The predicted octanol–water partition coefficient (Wildman–Crippen LogP) is 4.25. The first kappa shape index (κ1) is 12.4. The molecule has 1 unspecified atom stereocenters. The largest absolute Gasteiger partial charge is 0.324 e. The van der Waals surface area contributed by atoms with Crippen LogP contribution in [0, 0.1) is 3.57 Å². The van der Waals surface area contributed by atoms with Crippen LogP contribution < -0.4 is 5.73 Å². The van der Waals surface area contributed by atoms with Gasteiger partial charge in [-0.15, -0.1) is 11.3 Å². The van der Waals surface area contributed by atoms with Crippen LogP contribution in [0.5, 0.6) is 0 Å². The maximum Gasteiger partial charge on any atom is 0.0542 e. The molecule has 1 atom stereocenters. The quantitative estimate of drug-likeness (QED) is 0.811. The topological polar surface area (TPSA) is 26.0 Å². The Hall–Kier alpha value is -0.100. The van der Waals surface area contributed by atoms with Gasteiger partial charge < -0.3 is 5.73 Å². The molecule has 1 aromatic carbocycles. The van der Waals surface area contributed by atoms with Crippen molar-refractivity contribution in [2.75, 3.05) is 0 Å². The first-order valence-electron chi connectivity index (χ1n) is 4.89. The van der Waals surface area contributed by atoms with Gasteiger partial charge in [0.05, 0.1) is 5.02 Å². The standard InChI is InChI=1S/C12H11ClINS/c13-10-6-8(3-4-11(10)14)12(15)7-9-2-1-5-16-9/h1-6,12H,7,15H2. The van der Waals surface area contributed by atoms with Crippen LogP contribution in [0.2, 0.25) is 5.02 Å². The lowest BCUT2D eigenvalue weighted by atomic mass is 10.0. The number of nitrogens with two attached hydrogens (primary N) is 1. The van der Waals surface area contributed by atoms with E-state index < -0.39 is 0 Å². The van der Waals surface area contributed by atoms with Crippen molar-refractivity contribution in [2.45, 2.75) is 12.5 Å². The minimum absolute atomic E-state index is 0.0214. The van der Waals surface area contributed by atoms with Gasteiger partial charge in [-0.3, -0.25) is 0 Å². The third-order valence-corrected chi connectivity index (χ3v) is 4.84. The smallest absolute Gasteiger partial charge is 0.0542 e. The van der Waals surface area contributed by atoms with Crippen molar-refractivity contribution in [3.05, 3.63) is 54.7 Å². The van der Waals surface area contributed by atoms with Gasteiger partial charge in [0.25, 0.3) is 0 Å². The van der Waals surface area contributed by atoms with Crippen LogP contribution in [0.1, 0.15) is 16.5 Å². The molecule has 16 heavy (non-hydrogen) atoms. The summed E-state index contributed by atoms with van der Waals surface area (Å²) in [6.07, 6.45) is 0.870. The monoisotopic (exact) mass is 363 g/mol. The van der Waals surface area contributed by atoms with Crippen LogP contribution in [0.25, 0.3) is 0 Å². The van der Waals surface area contributed by atoms with Crippen molar-refractivity contribution in [1.29, 1.82) is 0 Å². The summed E-state index contributed by atoms with van der Waals surface area (Å²) < 4.78 is 1.06. The summed E-state index contributed by atoms with van der Waals surface area (Å²) in [5.74, 6) is 0. The van der Waals surface area contributed by atoms with Gasteiger partial charge in [0, 0.05) is 20.9 Å². The van der Waals surface area contributed by atoms with E-state index in [1.165, 1.54) is 4.88 Å². The second-order valence-electron chi connectivity index (χ2n) is 3.56. The van der Waals surface area contributed by atoms with Crippen molar-refractivity contribution in [3.8, 4) is 0 Å². The lowest BCUT2D eigenvalue weighted by Crippen LogP contribution is -2.12. The van der Waals surface area contributed by atoms with Gasteiger partial charge in [0.1, 0.15) is 0 Å². The van der Waals surface area contributed by atoms with Crippen LogP contribution in [0.15, 0.2) is 35.7 Å². The van der Waals surface area contributed by atoms with E-state index in [1.54, 1.807) is 11.3 Å². The highest BCUT2D eigenvalue weighted by Crippen LogP contribution is 2.25. The van der Waals surface area contributed by atoms with Crippen molar-refractivity contribution < 1.29 is 0 Å². The van der Waals surface area contributed by atoms with E-state index in [1.807, 2.05) is 24.3 Å². The third kappa shape index (κ3) is 2.97. The zero-order valence-electron chi connectivity index (χ0n) is 8.49. The van der Waals surface area contributed by atoms with Gasteiger partial charge in [-0.05, 0) is 51.7 Å². The van der Waals surface area contributed by atoms with Crippen molar-refractivity contribution in [3.63, 3.8) is 0 Å². The summed E-state index contributed by atoms with van der Waals surface area (Å²) >= 11 is 10.0. The molecule has 1 heterocycles. The van der Waals surface area contributed by atoms with Crippen LogP contribution in [0.4, 0.5) is 0 Å². The third-order valence-electron chi connectivity index (χ3n) is 2.37. The molecule has 0 amide bonds. The Morgan fingerprint density at radius 2 is 2.19 bits per heavy atom. The van der Waals surface area contributed by atoms with Gasteiger partial charge in [-0.1, -0.05) is 23.7 Å². The molecule has 0 fully saturated rings. The molecule has 1 aromatic heterocycles. The zero-order chi connectivity index (χ0) is 11.5. The molecular weight excluding hydrogens is 353 g/mol. The molecule has 0 aliphatic heterocycles. The van der Waals surface area contributed by atoms with E-state index in [0.717, 1.165) is 20.6 Å². The van der Waals surface area contributed by atoms with Crippen molar-refractivity contribution >= 4 is 45.5 Å². The molecule has 0 bridgehead atoms. The highest BCUT2D eigenvalue weighted by Gasteiger charge is 2.09. The molecule has 84 valence electrons. The molecule has 2 N–H and O–H groups in total. The summed E-state index contributed by atoms with van der Waals surface area (Å²) in [5.41, 5.74) is 7.25. The summed E-state index contributed by atoms with van der Waals surface area (Å²) in [5, 5.41) is 2.85.